The Hall–Kier alpha value is -1.59. The van der Waals surface area contributed by atoms with E-state index < -0.39 is 5.76 Å². The first-order valence-corrected chi connectivity index (χ1v) is 6.66. The van der Waals surface area contributed by atoms with E-state index >= 15 is 0 Å². The van der Waals surface area contributed by atoms with E-state index in [4.69, 9.17) is 10.2 Å². The minimum absolute atomic E-state index is 0.399. The number of rotatable bonds is 4. The zero-order chi connectivity index (χ0) is 13.4. The van der Waals surface area contributed by atoms with Crippen LogP contribution in [0.5, 0.6) is 0 Å². The smallest absolute Gasteiger partial charge is 0.408 e. The molecule has 102 valence electrons. The first-order valence-electron chi connectivity index (χ1n) is 6.66. The molecule has 0 amide bonds. The van der Waals surface area contributed by atoms with Gasteiger partial charge in [-0.25, -0.2) is 4.79 Å². The van der Waals surface area contributed by atoms with Crippen molar-refractivity contribution in [3.05, 3.63) is 34.3 Å². The van der Waals surface area contributed by atoms with Crippen molar-refractivity contribution in [2.45, 2.75) is 25.4 Å². The summed E-state index contributed by atoms with van der Waals surface area (Å²) in [5.74, 6) is 0.331. The Labute approximate surface area is 111 Å². The van der Waals surface area contributed by atoms with Crippen molar-refractivity contribution in [1.82, 2.24) is 9.88 Å². The van der Waals surface area contributed by atoms with Gasteiger partial charge >= 0.3 is 5.76 Å². The molecule has 5 heteroatoms. The fourth-order valence-electron chi connectivity index (χ4n) is 2.84. The molecule has 1 aliphatic carbocycles. The molecule has 1 aromatic heterocycles. The topological polar surface area (TPSA) is 75.3 Å². The van der Waals surface area contributed by atoms with Gasteiger partial charge in [0.25, 0.3) is 0 Å². The van der Waals surface area contributed by atoms with E-state index in [2.05, 4.69) is 16.9 Å². The number of aromatic nitrogens is 1. The standard InChI is InChI=1S/C14H19N3O2/c1-17(8-10-4-11(15)5-10)7-9-2-3-12-13(6-9)19-14(18)16-12/h2-3,6,10-11H,4-5,7-8,15H2,1H3,(H,16,18). The van der Waals surface area contributed by atoms with Crippen LogP contribution in [0.15, 0.2) is 27.4 Å². The normalized spacial score (nSPS) is 22.9. The van der Waals surface area contributed by atoms with Gasteiger partial charge in [-0.1, -0.05) is 6.07 Å². The number of aromatic amines is 1. The molecule has 2 aromatic rings. The molecule has 0 spiro atoms. The maximum atomic E-state index is 11.1. The summed E-state index contributed by atoms with van der Waals surface area (Å²) in [5.41, 5.74) is 8.33. The summed E-state index contributed by atoms with van der Waals surface area (Å²) in [5, 5.41) is 0. The number of hydrogen-bond acceptors (Lipinski definition) is 4. The molecule has 0 atom stereocenters. The minimum atomic E-state index is -0.399. The molecule has 1 fully saturated rings. The molecule has 0 aliphatic heterocycles. The molecule has 1 aliphatic rings. The van der Waals surface area contributed by atoms with E-state index in [1.165, 1.54) is 0 Å². The van der Waals surface area contributed by atoms with Gasteiger partial charge in [0.05, 0.1) is 5.52 Å². The Bertz CT molecular complexity index is 625. The number of oxazole rings is 1. The van der Waals surface area contributed by atoms with Crippen LogP contribution in [0, 0.1) is 5.92 Å². The number of benzene rings is 1. The summed E-state index contributed by atoms with van der Waals surface area (Å²) < 4.78 is 5.07. The van der Waals surface area contributed by atoms with Crippen LogP contribution in [-0.4, -0.2) is 29.5 Å². The second-order valence-corrected chi connectivity index (χ2v) is 5.64. The maximum absolute atomic E-state index is 11.1. The highest BCUT2D eigenvalue weighted by Gasteiger charge is 2.26. The third kappa shape index (κ3) is 2.72. The molecule has 19 heavy (non-hydrogen) atoms. The third-order valence-corrected chi connectivity index (χ3v) is 3.78. The first-order chi connectivity index (χ1) is 9.10. The monoisotopic (exact) mass is 261 g/mol. The Morgan fingerprint density at radius 2 is 2.26 bits per heavy atom. The second-order valence-electron chi connectivity index (χ2n) is 5.64. The van der Waals surface area contributed by atoms with E-state index in [0.29, 0.717) is 11.6 Å². The predicted molar refractivity (Wildman–Crippen MR) is 73.9 cm³/mol. The maximum Gasteiger partial charge on any atom is 0.417 e. The van der Waals surface area contributed by atoms with Crippen LogP contribution in [-0.2, 0) is 6.54 Å². The summed E-state index contributed by atoms with van der Waals surface area (Å²) >= 11 is 0. The number of nitrogens with one attached hydrogen (secondary N) is 1. The van der Waals surface area contributed by atoms with Gasteiger partial charge in [-0.3, -0.25) is 4.98 Å². The van der Waals surface area contributed by atoms with Crippen LogP contribution in [0.25, 0.3) is 11.1 Å². The van der Waals surface area contributed by atoms with Crippen LogP contribution in [0.1, 0.15) is 18.4 Å². The fraction of sp³-hybridized carbons (Fsp3) is 0.500. The van der Waals surface area contributed by atoms with Crippen molar-refractivity contribution >= 4 is 11.1 Å². The summed E-state index contributed by atoms with van der Waals surface area (Å²) in [7, 11) is 2.11. The quantitative estimate of drug-likeness (QED) is 0.869. The van der Waals surface area contributed by atoms with Crippen molar-refractivity contribution in [1.29, 1.82) is 0 Å². The van der Waals surface area contributed by atoms with E-state index in [1.807, 2.05) is 18.2 Å². The number of nitrogens with zero attached hydrogens (tertiary/aromatic N) is 1. The summed E-state index contributed by atoms with van der Waals surface area (Å²) in [6.45, 7) is 1.93. The number of H-pyrrole nitrogens is 1. The van der Waals surface area contributed by atoms with E-state index in [-0.39, 0.29) is 0 Å². The lowest BCUT2D eigenvalue weighted by Crippen LogP contribution is -2.41. The van der Waals surface area contributed by atoms with Gasteiger partial charge in [-0.15, -0.1) is 0 Å². The molecule has 1 aromatic carbocycles. The zero-order valence-corrected chi connectivity index (χ0v) is 11.1. The molecule has 0 saturated heterocycles. The van der Waals surface area contributed by atoms with Crippen molar-refractivity contribution in [3.8, 4) is 0 Å². The van der Waals surface area contributed by atoms with Gasteiger partial charge in [0, 0.05) is 19.1 Å². The zero-order valence-electron chi connectivity index (χ0n) is 11.1. The Balaban J connectivity index is 1.65. The van der Waals surface area contributed by atoms with Crippen LogP contribution in [0.4, 0.5) is 0 Å². The molecule has 5 nitrogen and oxygen atoms in total. The van der Waals surface area contributed by atoms with E-state index in [0.717, 1.165) is 42.9 Å². The average Bonchev–Trinajstić information content (AvgIpc) is 2.66. The summed E-state index contributed by atoms with van der Waals surface area (Å²) in [6, 6.07) is 6.25. The summed E-state index contributed by atoms with van der Waals surface area (Å²) in [6.07, 6.45) is 2.27. The molecule has 3 rings (SSSR count). The molecule has 0 radical (unpaired) electrons. The first kappa shape index (κ1) is 12.4. The van der Waals surface area contributed by atoms with Crippen molar-refractivity contribution in [2.75, 3.05) is 13.6 Å². The molecule has 0 unspecified atom stereocenters. The third-order valence-electron chi connectivity index (χ3n) is 3.78. The van der Waals surface area contributed by atoms with Crippen LogP contribution in [0.2, 0.25) is 0 Å². The highest BCUT2D eigenvalue weighted by atomic mass is 16.4. The lowest BCUT2D eigenvalue weighted by molar-refractivity contribution is 0.178. The molecule has 0 bridgehead atoms. The number of nitrogens with two attached hydrogens (primary N) is 1. The number of fused-ring (bicyclic) bond motifs is 1. The number of hydrogen-bond donors (Lipinski definition) is 2. The molecular formula is C14H19N3O2. The van der Waals surface area contributed by atoms with E-state index in [1.54, 1.807) is 0 Å². The largest absolute Gasteiger partial charge is 0.417 e. The minimum Gasteiger partial charge on any atom is -0.408 e. The second kappa shape index (κ2) is 4.83. The van der Waals surface area contributed by atoms with Gasteiger partial charge in [-0.05, 0) is 43.5 Å². The van der Waals surface area contributed by atoms with Crippen molar-refractivity contribution in [2.24, 2.45) is 11.7 Å². The highest BCUT2D eigenvalue weighted by Crippen LogP contribution is 2.26. The SMILES string of the molecule is CN(Cc1ccc2[nH]c(=O)oc2c1)CC1CC(N)C1. The van der Waals surface area contributed by atoms with Gasteiger partial charge in [-0.2, -0.15) is 0 Å². The molecular weight excluding hydrogens is 242 g/mol. The molecule has 1 saturated carbocycles. The predicted octanol–water partition coefficient (Wildman–Crippen LogP) is 1.29. The Kier molecular flexibility index (Phi) is 3.16. The Morgan fingerprint density at radius 1 is 1.47 bits per heavy atom. The van der Waals surface area contributed by atoms with Crippen LogP contribution < -0.4 is 11.5 Å². The van der Waals surface area contributed by atoms with Crippen molar-refractivity contribution < 1.29 is 4.42 Å². The lowest BCUT2D eigenvalue weighted by Gasteiger charge is -2.35. The van der Waals surface area contributed by atoms with Gasteiger partial charge < -0.3 is 15.1 Å². The van der Waals surface area contributed by atoms with Crippen molar-refractivity contribution in [3.63, 3.8) is 0 Å². The van der Waals surface area contributed by atoms with Gasteiger partial charge in [0.15, 0.2) is 5.58 Å². The fourth-order valence-corrected chi connectivity index (χ4v) is 2.84. The van der Waals surface area contributed by atoms with Gasteiger partial charge in [0.2, 0.25) is 0 Å². The lowest BCUT2D eigenvalue weighted by atomic mass is 9.80. The van der Waals surface area contributed by atoms with Gasteiger partial charge in [0.1, 0.15) is 0 Å². The summed E-state index contributed by atoms with van der Waals surface area (Å²) in [4.78, 5) is 16.0. The van der Waals surface area contributed by atoms with E-state index in [9.17, 15) is 4.79 Å². The van der Waals surface area contributed by atoms with Crippen LogP contribution in [0.3, 0.4) is 0 Å². The molecule has 3 N–H and O–H groups in total. The Morgan fingerprint density at radius 3 is 3.00 bits per heavy atom. The highest BCUT2D eigenvalue weighted by molar-refractivity contribution is 5.72. The molecule has 1 heterocycles. The van der Waals surface area contributed by atoms with Crippen LogP contribution >= 0.6 is 0 Å². The average molecular weight is 261 g/mol.